The van der Waals surface area contributed by atoms with E-state index in [2.05, 4.69) is 32.9 Å². The van der Waals surface area contributed by atoms with Crippen molar-refractivity contribution in [3.05, 3.63) is 66.4 Å². The second kappa shape index (κ2) is 7.51. The fourth-order valence-corrected chi connectivity index (χ4v) is 2.21. The highest BCUT2D eigenvalue weighted by molar-refractivity contribution is 14.1. The normalized spacial score (nSPS) is 10.7. The first-order valence-corrected chi connectivity index (χ1v) is 7.88. The Kier molecular flexibility index (Phi) is 5.67. The minimum absolute atomic E-state index is 0.0511. The smallest absolute Gasteiger partial charge is 0.288 e. The van der Waals surface area contributed by atoms with Gasteiger partial charge in [-0.1, -0.05) is 17.7 Å². The molecule has 2 aromatic rings. The molecule has 8 heteroatoms. The lowest BCUT2D eigenvalue weighted by molar-refractivity contribution is -0.384. The Balaban J connectivity index is 2.10. The van der Waals surface area contributed by atoms with E-state index in [4.69, 9.17) is 11.6 Å². The van der Waals surface area contributed by atoms with Crippen LogP contribution < -0.4 is 5.32 Å². The van der Waals surface area contributed by atoms with Crippen molar-refractivity contribution in [3.8, 4) is 0 Å². The SMILES string of the molecule is Cc1nc(NC(=O)/C=C/c2ccc(Cl)c([N+](=O)[O-])c2)ccc1I. The van der Waals surface area contributed by atoms with Crippen molar-refractivity contribution < 1.29 is 9.72 Å². The molecule has 0 aliphatic heterocycles. The summed E-state index contributed by atoms with van der Waals surface area (Å²) in [6.45, 7) is 1.85. The number of halogens is 2. The largest absolute Gasteiger partial charge is 0.307 e. The van der Waals surface area contributed by atoms with Gasteiger partial charge in [-0.2, -0.15) is 0 Å². The predicted octanol–water partition coefficient (Wildman–Crippen LogP) is 4.21. The highest BCUT2D eigenvalue weighted by Crippen LogP contribution is 2.25. The van der Waals surface area contributed by atoms with Crippen LogP contribution >= 0.6 is 34.2 Å². The number of carbonyl (C=O) groups excluding carboxylic acids is 1. The Morgan fingerprint density at radius 3 is 2.78 bits per heavy atom. The molecule has 2 rings (SSSR count). The minimum Gasteiger partial charge on any atom is -0.307 e. The molecule has 0 unspecified atom stereocenters. The van der Waals surface area contributed by atoms with Crippen molar-refractivity contribution in [1.82, 2.24) is 4.98 Å². The summed E-state index contributed by atoms with van der Waals surface area (Å²) in [7, 11) is 0. The molecule has 0 bridgehead atoms. The van der Waals surface area contributed by atoms with Crippen LogP contribution in [0.4, 0.5) is 11.5 Å². The lowest BCUT2D eigenvalue weighted by Crippen LogP contribution is -2.09. The Hall–Kier alpha value is -2.00. The monoisotopic (exact) mass is 443 g/mol. The van der Waals surface area contributed by atoms with Gasteiger partial charge in [0.05, 0.1) is 10.6 Å². The summed E-state index contributed by atoms with van der Waals surface area (Å²) < 4.78 is 1.00. The van der Waals surface area contributed by atoms with Crippen LogP contribution in [0, 0.1) is 20.6 Å². The number of nitro benzene ring substituents is 1. The van der Waals surface area contributed by atoms with Crippen LogP contribution in [0.15, 0.2) is 36.4 Å². The summed E-state index contributed by atoms with van der Waals surface area (Å²) in [5, 5.41) is 13.5. The number of nitro groups is 1. The molecule has 0 fully saturated rings. The van der Waals surface area contributed by atoms with Crippen LogP contribution in [0.1, 0.15) is 11.3 Å². The molecule has 1 heterocycles. The molecule has 1 aromatic heterocycles. The molecule has 1 amide bonds. The van der Waals surface area contributed by atoms with E-state index >= 15 is 0 Å². The average molecular weight is 444 g/mol. The van der Waals surface area contributed by atoms with Gasteiger partial charge in [-0.25, -0.2) is 4.98 Å². The first-order valence-electron chi connectivity index (χ1n) is 6.43. The zero-order valence-corrected chi connectivity index (χ0v) is 14.8. The van der Waals surface area contributed by atoms with Crippen molar-refractivity contribution in [2.24, 2.45) is 0 Å². The van der Waals surface area contributed by atoms with Gasteiger partial charge >= 0.3 is 0 Å². The zero-order valence-electron chi connectivity index (χ0n) is 11.9. The fourth-order valence-electron chi connectivity index (χ4n) is 1.73. The standard InChI is InChI=1S/C15H11ClIN3O3/c1-9-12(17)5-6-14(18-9)19-15(21)7-3-10-2-4-11(16)13(8-10)20(22)23/h2-8H,1H3,(H,18,19,21)/b7-3+. The summed E-state index contributed by atoms with van der Waals surface area (Å²) in [5.74, 6) is 0.0652. The highest BCUT2D eigenvalue weighted by atomic mass is 127. The summed E-state index contributed by atoms with van der Waals surface area (Å²) in [6.07, 6.45) is 2.75. The van der Waals surface area contributed by atoms with Gasteiger partial charge in [0.1, 0.15) is 10.8 Å². The van der Waals surface area contributed by atoms with Crippen LogP contribution in [-0.2, 0) is 4.79 Å². The molecule has 6 nitrogen and oxygen atoms in total. The molecule has 1 aromatic carbocycles. The third-order valence-electron chi connectivity index (χ3n) is 2.87. The van der Waals surface area contributed by atoms with Gasteiger partial charge in [0.2, 0.25) is 5.91 Å². The van der Waals surface area contributed by atoms with Crippen molar-refractivity contribution in [2.75, 3.05) is 5.32 Å². The zero-order chi connectivity index (χ0) is 17.0. The number of anilines is 1. The van der Waals surface area contributed by atoms with Crippen LogP contribution in [0.3, 0.4) is 0 Å². The molecule has 23 heavy (non-hydrogen) atoms. The van der Waals surface area contributed by atoms with E-state index in [1.807, 2.05) is 13.0 Å². The number of benzene rings is 1. The number of carbonyl (C=O) groups is 1. The molecule has 0 atom stereocenters. The molecule has 1 N–H and O–H groups in total. The lowest BCUT2D eigenvalue weighted by Gasteiger charge is -2.03. The predicted molar refractivity (Wildman–Crippen MR) is 97.5 cm³/mol. The number of nitrogens with zero attached hydrogens (tertiary/aromatic N) is 2. The van der Waals surface area contributed by atoms with Crippen molar-refractivity contribution in [3.63, 3.8) is 0 Å². The Morgan fingerprint density at radius 2 is 2.13 bits per heavy atom. The molecule has 0 spiro atoms. The summed E-state index contributed by atoms with van der Waals surface area (Å²) >= 11 is 7.89. The van der Waals surface area contributed by atoms with Crippen molar-refractivity contribution in [1.29, 1.82) is 0 Å². The second-order valence-electron chi connectivity index (χ2n) is 4.55. The van der Waals surface area contributed by atoms with E-state index in [1.54, 1.807) is 12.1 Å². The molecule has 0 aliphatic rings. The first kappa shape index (κ1) is 17.4. The second-order valence-corrected chi connectivity index (χ2v) is 6.12. The maximum Gasteiger partial charge on any atom is 0.288 e. The van der Waals surface area contributed by atoms with Gasteiger partial charge in [0.15, 0.2) is 0 Å². The van der Waals surface area contributed by atoms with Crippen LogP contribution in [0.25, 0.3) is 6.08 Å². The Labute approximate surface area is 150 Å². The van der Waals surface area contributed by atoms with Crippen LogP contribution in [-0.4, -0.2) is 15.8 Å². The quantitative estimate of drug-likeness (QED) is 0.332. The van der Waals surface area contributed by atoms with E-state index in [-0.39, 0.29) is 16.6 Å². The molecular weight excluding hydrogens is 433 g/mol. The van der Waals surface area contributed by atoms with E-state index in [9.17, 15) is 14.9 Å². The third kappa shape index (κ3) is 4.73. The number of rotatable bonds is 4. The number of nitrogens with one attached hydrogen (secondary N) is 1. The Morgan fingerprint density at radius 1 is 1.39 bits per heavy atom. The number of amides is 1. The Bertz CT molecular complexity index is 809. The van der Waals surface area contributed by atoms with E-state index in [1.165, 1.54) is 24.3 Å². The lowest BCUT2D eigenvalue weighted by atomic mass is 10.2. The molecule has 0 aliphatic carbocycles. The summed E-state index contributed by atoms with van der Waals surface area (Å²) in [6, 6.07) is 7.87. The van der Waals surface area contributed by atoms with E-state index in [0.717, 1.165) is 9.26 Å². The van der Waals surface area contributed by atoms with Gasteiger partial charge in [-0.3, -0.25) is 14.9 Å². The number of aromatic nitrogens is 1. The van der Waals surface area contributed by atoms with Gasteiger partial charge in [-0.15, -0.1) is 0 Å². The number of aryl methyl sites for hydroxylation is 1. The van der Waals surface area contributed by atoms with Crippen molar-refractivity contribution >= 4 is 57.7 Å². The number of hydrogen-bond donors (Lipinski definition) is 1. The molecule has 0 radical (unpaired) electrons. The number of pyridine rings is 1. The first-order chi connectivity index (χ1) is 10.9. The van der Waals surface area contributed by atoms with Gasteiger partial charge < -0.3 is 5.32 Å². The van der Waals surface area contributed by atoms with Gasteiger partial charge in [0, 0.05) is 15.7 Å². The minimum atomic E-state index is -0.571. The topological polar surface area (TPSA) is 85.1 Å². The summed E-state index contributed by atoms with van der Waals surface area (Å²) in [4.78, 5) is 26.4. The molecule has 0 saturated carbocycles. The van der Waals surface area contributed by atoms with Gasteiger partial charge in [0.25, 0.3) is 5.69 Å². The average Bonchev–Trinajstić information content (AvgIpc) is 2.50. The molecular formula is C15H11ClIN3O3. The van der Waals surface area contributed by atoms with Crippen LogP contribution in [0.2, 0.25) is 5.02 Å². The molecule has 0 saturated heterocycles. The summed E-state index contributed by atoms with van der Waals surface area (Å²) in [5.41, 5.74) is 1.12. The number of hydrogen-bond acceptors (Lipinski definition) is 4. The fraction of sp³-hybridized carbons (Fsp3) is 0.0667. The van der Waals surface area contributed by atoms with Crippen molar-refractivity contribution in [2.45, 2.75) is 6.92 Å². The van der Waals surface area contributed by atoms with Crippen LogP contribution in [0.5, 0.6) is 0 Å². The highest BCUT2D eigenvalue weighted by Gasteiger charge is 2.11. The van der Waals surface area contributed by atoms with E-state index < -0.39 is 4.92 Å². The molecule has 118 valence electrons. The maximum atomic E-state index is 11.9. The van der Waals surface area contributed by atoms with Gasteiger partial charge in [-0.05, 0) is 59.4 Å². The van der Waals surface area contributed by atoms with E-state index in [0.29, 0.717) is 11.4 Å². The third-order valence-corrected chi connectivity index (χ3v) is 4.33. The maximum absolute atomic E-state index is 11.9.